The number of aromatic carboxylic acids is 1. The molecule has 1 aromatic rings. The van der Waals surface area contributed by atoms with Gasteiger partial charge in [0.2, 0.25) is 10.0 Å². The molecular weight excluding hydrogens is 285 g/mol. The summed E-state index contributed by atoms with van der Waals surface area (Å²) in [6, 6.07) is 2.51. The van der Waals surface area contributed by atoms with E-state index in [1.165, 1.54) is 0 Å². The number of hydrogen-bond acceptors (Lipinski definition) is 3. The van der Waals surface area contributed by atoms with Gasteiger partial charge < -0.3 is 5.11 Å². The van der Waals surface area contributed by atoms with Crippen LogP contribution in [0.5, 0.6) is 0 Å². The summed E-state index contributed by atoms with van der Waals surface area (Å²) in [7, 11) is -4.05. The first kappa shape index (κ1) is 14.9. The highest BCUT2D eigenvalue weighted by molar-refractivity contribution is 7.89. The van der Waals surface area contributed by atoms with Crippen LogP contribution in [0.3, 0.4) is 0 Å². The summed E-state index contributed by atoms with van der Waals surface area (Å²) in [5.74, 6) is -2.06. The molecule has 2 unspecified atom stereocenters. The smallest absolute Gasteiger partial charge is 0.335 e. The molecule has 7 heteroatoms. The van der Waals surface area contributed by atoms with Gasteiger partial charge in [0.25, 0.3) is 0 Å². The van der Waals surface area contributed by atoms with Crippen molar-refractivity contribution in [2.24, 2.45) is 5.92 Å². The molecule has 0 heterocycles. The SMILES string of the molecule is CC1CCCC1NS(=O)(=O)c1cc(C(=O)O)ccc1F. The van der Waals surface area contributed by atoms with Crippen molar-refractivity contribution >= 4 is 16.0 Å². The van der Waals surface area contributed by atoms with Gasteiger partial charge in [-0.15, -0.1) is 0 Å². The third-order valence-corrected chi connectivity index (χ3v) is 5.14. The fourth-order valence-electron chi connectivity index (χ4n) is 2.43. The maximum Gasteiger partial charge on any atom is 0.335 e. The highest BCUT2D eigenvalue weighted by Gasteiger charge is 2.30. The number of carboxylic acids is 1. The highest BCUT2D eigenvalue weighted by atomic mass is 32.2. The van der Waals surface area contributed by atoms with Crippen LogP contribution in [0.25, 0.3) is 0 Å². The van der Waals surface area contributed by atoms with Gasteiger partial charge in [-0.1, -0.05) is 13.3 Å². The molecule has 0 aliphatic heterocycles. The second-order valence-electron chi connectivity index (χ2n) is 5.09. The molecule has 2 N–H and O–H groups in total. The van der Waals surface area contributed by atoms with Crippen LogP contribution in [0.2, 0.25) is 0 Å². The molecule has 5 nitrogen and oxygen atoms in total. The van der Waals surface area contributed by atoms with Gasteiger partial charge in [0.05, 0.1) is 5.56 Å². The van der Waals surface area contributed by atoms with Gasteiger partial charge in [-0.05, 0) is 37.0 Å². The van der Waals surface area contributed by atoms with E-state index in [1.807, 2.05) is 6.92 Å². The van der Waals surface area contributed by atoms with Crippen molar-refractivity contribution < 1.29 is 22.7 Å². The molecule has 0 amide bonds. The lowest BCUT2D eigenvalue weighted by Crippen LogP contribution is -2.36. The second-order valence-corrected chi connectivity index (χ2v) is 6.77. The van der Waals surface area contributed by atoms with Crippen molar-refractivity contribution in [3.63, 3.8) is 0 Å². The van der Waals surface area contributed by atoms with E-state index in [0.29, 0.717) is 6.42 Å². The Balaban J connectivity index is 2.33. The quantitative estimate of drug-likeness (QED) is 0.891. The monoisotopic (exact) mass is 301 g/mol. The zero-order chi connectivity index (χ0) is 14.9. The molecular formula is C13H16FNO4S. The minimum absolute atomic E-state index is 0.190. The summed E-state index contributed by atoms with van der Waals surface area (Å²) in [4.78, 5) is 10.2. The summed E-state index contributed by atoms with van der Waals surface area (Å²) in [6.45, 7) is 1.93. The molecule has 1 saturated carbocycles. The molecule has 110 valence electrons. The molecule has 2 rings (SSSR count). The Labute approximate surface area is 116 Å². The van der Waals surface area contributed by atoms with Crippen LogP contribution < -0.4 is 4.72 Å². The van der Waals surface area contributed by atoms with E-state index < -0.39 is 26.7 Å². The van der Waals surface area contributed by atoms with Gasteiger partial charge in [-0.2, -0.15) is 0 Å². The fraction of sp³-hybridized carbons (Fsp3) is 0.462. The molecule has 0 bridgehead atoms. The van der Waals surface area contributed by atoms with Gasteiger partial charge in [0.15, 0.2) is 0 Å². The molecule has 0 radical (unpaired) electrons. The average molecular weight is 301 g/mol. The normalized spacial score (nSPS) is 22.9. The van der Waals surface area contributed by atoms with Crippen LogP contribution in [-0.2, 0) is 10.0 Å². The number of benzene rings is 1. The summed E-state index contributed by atoms with van der Waals surface area (Å²) in [5.41, 5.74) is -0.258. The Morgan fingerprint density at radius 2 is 2.10 bits per heavy atom. The van der Waals surface area contributed by atoms with Crippen LogP contribution in [0.15, 0.2) is 23.1 Å². The lowest BCUT2D eigenvalue weighted by molar-refractivity contribution is 0.0696. The Morgan fingerprint density at radius 3 is 2.65 bits per heavy atom. The van der Waals surface area contributed by atoms with Crippen LogP contribution in [0.4, 0.5) is 4.39 Å². The van der Waals surface area contributed by atoms with Crippen molar-refractivity contribution in [1.29, 1.82) is 0 Å². The molecule has 1 fully saturated rings. The minimum atomic E-state index is -4.05. The predicted molar refractivity (Wildman–Crippen MR) is 70.5 cm³/mol. The summed E-state index contributed by atoms with van der Waals surface area (Å²) >= 11 is 0. The van der Waals surface area contributed by atoms with Crippen molar-refractivity contribution in [2.45, 2.75) is 37.1 Å². The van der Waals surface area contributed by atoms with Gasteiger partial charge in [0.1, 0.15) is 10.7 Å². The van der Waals surface area contributed by atoms with Crippen LogP contribution in [0, 0.1) is 11.7 Å². The molecule has 1 aliphatic carbocycles. The summed E-state index contributed by atoms with van der Waals surface area (Å²) in [6.07, 6.45) is 2.55. The van der Waals surface area contributed by atoms with Crippen LogP contribution in [-0.4, -0.2) is 25.5 Å². The van der Waals surface area contributed by atoms with Gasteiger partial charge in [-0.3, -0.25) is 0 Å². The third-order valence-electron chi connectivity index (χ3n) is 3.64. The standard InChI is InChI=1S/C13H16FNO4S/c1-8-3-2-4-11(8)15-20(18,19)12-7-9(13(16)17)5-6-10(12)14/h5-8,11,15H,2-4H2,1H3,(H,16,17). The highest BCUT2D eigenvalue weighted by Crippen LogP contribution is 2.27. The molecule has 0 spiro atoms. The van der Waals surface area contributed by atoms with Crippen LogP contribution in [0.1, 0.15) is 36.5 Å². The molecule has 2 atom stereocenters. The van der Waals surface area contributed by atoms with Gasteiger partial charge in [-0.25, -0.2) is 22.3 Å². The first-order valence-corrected chi connectivity index (χ1v) is 7.85. The Morgan fingerprint density at radius 1 is 1.40 bits per heavy atom. The van der Waals surface area contributed by atoms with Crippen molar-refractivity contribution in [2.75, 3.05) is 0 Å². The topological polar surface area (TPSA) is 83.5 Å². The largest absolute Gasteiger partial charge is 0.478 e. The maximum absolute atomic E-state index is 13.7. The molecule has 1 aliphatic rings. The third kappa shape index (κ3) is 2.99. The van der Waals surface area contributed by atoms with Gasteiger partial charge >= 0.3 is 5.97 Å². The predicted octanol–water partition coefficient (Wildman–Crippen LogP) is 1.99. The van der Waals surface area contributed by atoms with Crippen molar-refractivity contribution in [1.82, 2.24) is 4.72 Å². The molecule has 1 aromatic carbocycles. The molecule has 0 saturated heterocycles. The van der Waals surface area contributed by atoms with E-state index >= 15 is 0 Å². The lowest BCUT2D eigenvalue weighted by atomic mass is 10.1. The van der Waals surface area contributed by atoms with E-state index in [9.17, 15) is 17.6 Å². The van der Waals surface area contributed by atoms with Crippen LogP contribution >= 0.6 is 0 Å². The Kier molecular flexibility index (Phi) is 4.10. The Bertz CT molecular complexity index is 629. The van der Waals surface area contributed by atoms with E-state index in [0.717, 1.165) is 31.0 Å². The van der Waals surface area contributed by atoms with E-state index in [1.54, 1.807) is 0 Å². The van der Waals surface area contributed by atoms with E-state index in [-0.39, 0.29) is 17.5 Å². The zero-order valence-corrected chi connectivity index (χ0v) is 11.8. The maximum atomic E-state index is 13.7. The van der Waals surface area contributed by atoms with E-state index in [2.05, 4.69) is 4.72 Å². The number of halogens is 1. The lowest BCUT2D eigenvalue weighted by Gasteiger charge is -2.17. The number of carboxylic acid groups (broad SMARTS) is 1. The van der Waals surface area contributed by atoms with Gasteiger partial charge in [0, 0.05) is 6.04 Å². The fourth-order valence-corrected chi connectivity index (χ4v) is 3.91. The Hall–Kier alpha value is -1.47. The van der Waals surface area contributed by atoms with Crippen molar-refractivity contribution in [3.8, 4) is 0 Å². The first-order chi connectivity index (χ1) is 9.31. The number of sulfonamides is 1. The zero-order valence-electron chi connectivity index (χ0n) is 11.0. The van der Waals surface area contributed by atoms with E-state index in [4.69, 9.17) is 5.11 Å². The average Bonchev–Trinajstić information content (AvgIpc) is 2.74. The number of carbonyl (C=O) groups is 1. The molecule has 20 heavy (non-hydrogen) atoms. The van der Waals surface area contributed by atoms with Crippen molar-refractivity contribution in [3.05, 3.63) is 29.6 Å². The number of hydrogen-bond donors (Lipinski definition) is 2. The second kappa shape index (κ2) is 5.49. The minimum Gasteiger partial charge on any atom is -0.478 e. The molecule has 0 aromatic heterocycles. The number of rotatable bonds is 4. The summed E-state index contributed by atoms with van der Waals surface area (Å²) < 4.78 is 40.5. The number of nitrogens with one attached hydrogen (secondary N) is 1. The summed E-state index contributed by atoms with van der Waals surface area (Å²) in [5, 5.41) is 8.85. The first-order valence-electron chi connectivity index (χ1n) is 6.36.